The average molecular weight is 509 g/mol. The first-order valence-corrected chi connectivity index (χ1v) is 12.6. The molecule has 1 amide bonds. The number of carbonyl (C=O) groups is 1. The van der Waals surface area contributed by atoms with Gasteiger partial charge in [0.1, 0.15) is 5.75 Å². The van der Waals surface area contributed by atoms with Gasteiger partial charge in [-0.3, -0.25) is 19.3 Å². The SMILES string of the molecule is COc1ccccc1-n1c(SCc2ccccc2C(=O)NCc2ccncc2)nnc1-c1cccnc1. The molecule has 37 heavy (non-hydrogen) atoms. The fourth-order valence-electron chi connectivity index (χ4n) is 3.87. The van der Waals surface area contributed by atoms with Gasteiger partial charge in [-0.1, -0.05) is 42.1 Å². The molecule has 0 unspecified atom stereocenters. The van der Waals surface area contributed by atoms with E-state index in [0.29, 0.717) is 34.6 Å². The summed E-state index contributed by atoms with van der Waals surface area (Å²) in [5.41, 5.74) is 4.17. The molecule has 5 rings (SSSR count). The third-order valence-corrected chi connectivity index (χ3v) is 6.68. The van der Waals surface area contributed by atoms with Gasteiger partial charge in [-0.05, 0) is 53.6 Å². The number of hydrogen-bond donors (Lipinski definition) is 1. The number of nitrogens with zero attached hydrogens (tertiary/aromatic N) is 5. The van der Waals surface area contributed by atoms with Crippen LogP contribution >= 0.6 is 11.8 Å². The third-order valence-electron chi connectivity index (χ3n) is 5.70. The van der Waals surface area contributed by atoms with Crippen LogP contribution in [-0.2, 0) is 12.3 Å². The maximum atomic E-state index is 13.0. The molecule has 3 heterocycles. The van der Waals surface area contributed by atoms with Crippen LogP contribution in [0.2, 0.25) is 0 Å². The van der Waals surface area contributed by atoms with Gasteiger partial charge < -0.3 is 10.1 Å². The number of thioether (sulfide) groups is 1. The van der Waals surface area contributed by atoms with Crippen LogP contribution in [0.4, 0.5) is 0 Å². The second-order valence-corrected chi connectivity index (χ2v) is 8.98. The van der Waals surface area contributed by atoms with Crippen LogP contribution in [0.25, 0.3) is 17.1 Å². The molecule has 9 heteroatoms. The number of ether oxygens (including phenoxy) is 1. The standard InChI is InChI=1S/C28H24N6O2S/c1-36-25-11-5-4-10-24(25)34-26(21-8-6-14-30-18-21)32-33-28(34)37-19-22-7-2-3-9-23(22)27(35)31-17-20-12-15-29-16-13-20/h2-16,18H,17,19H2,1H3,(H,31,35). The molecule has 2 aromatic carbocycles. The zero-order chi connectivity index (χ0) is 25.5. The summed E-state index contributed by atoms with van der Waals surface area (Å²) >= 11 is 1.50. The number of pyridine rings is 2. The van der Waals surface area contributed by atoms with Gasteiger partial charge in [0.15, 0.2) is 11.0 Å². The molecule has 184 valence electrons. The zero-order valence-corrected chi connectivity index (χ0v) is 20.9. The highest BCUT2D eigenvalue weighted by Gasteiger charge is 2.20. The van der Waals surface area contributed by atoms with E-state index in [4.69, 9.17) is 4.74 Å². The number of nitrogens with one attached hydrogen (secondary N) is 1. The molecule has 0 fully saturated rings. The molecule has 3 aromatic heterocycles. The largest absolute Gasteiger partial charge is 0.495 e. The Morgan fingerprint density at radius 3 is 2.54 bits per heavy atom. The number of para-hydroxylation sites is 2. The van der Waals surface area contributed by atoms with Gasteiger partial charge in [-0.15, -0.1) is 10.2 Å². The lowest BCUT2D eigenvalue weighted by Gasteiger charge is -2.14. The molecule has 0 aliphatic heterocycles. The first-order valence-electron chi connectivity index (χ1n) is 11.6. The quantitative estimate of drug-likeness (QED) is 0.281. The molecular formula is C28H24N6O2S. The molecule has 0 aliphatic rings. The summed E-state index contributed by atoms with van der Waals surface area (Å²) in [5, 5.41) is 12.7. The van der Waals surface area contributed by atoms with E-state index >= 15 is 0 Å². The van der Waals surface area contributed by atoms with Crippen molar-refractivity contribution >= 4 is 17.7 Å². The Morgan fingerprint density at radius 2 is 1.73 bits per heavy atom. The Hall–Kier alpha value is -4.50. The van der Waals surface area contributed by atoms with Crippen LogP contribution in [0.1, 0.15) is 21.5 Å². The summed E-state index contributed by atoms with van der Waals surface area (Å²) in [6.07, 6.45) is 6.90. The predicted octanol–water partition coefficient (Wildman–Crippen LogP) is 4.96. The van der Waals surface area contributed by atoms with Crippen molar-refractivity contribution in [2.24, 2.45) is 0 Å². The number of carbonyl (C=O) groups excluding carboxylic acids is 1. The summed E-state index contributed by atoms with van der Waals surface area (Å²) < 4.78 is 7.60. The van der Waals surface area contributed by atoms with Crippen molar-refractivity contribution in [3.05, 3.63) is 114 Å². The van der Waals surface area contributed by atoms with Crippen molar-refractivity contribution in [1.82, 2.24) is 30.0 Å². The zero-order valence-electron chi connectivity index (χ0n) is 20.1. The fourth-order valence-corrected chi connectivity index (χ4v) is 4.81. The number of benzene rings is 2. The molecule has 5 aromatic rings. The van der Waals surface area contributed by atoms with Crippen LogP contribution in [0.3, 0.4) is 0 Å². The van der Waals surface area contributed by atoms with E-state index in [2.05, 4.69) is 25.5 Å². The molecule has 0 atom stereocenters. The minimum Gasteiger partial charge on any atom is -0.495 e. The Kier molecular flexibility index (Phi) is 7.52. The molecule has 8 nitrogen and oxygen atoms in total. The van der Waals surface area contributed by atoms with Gasteiger partial charge in [-0.2, -0.15) is 0 Å². The van der Waals surface area contributed by atoms with E-state index in [1.807, 2.05) is 77.4 Å². The highest BCUT2D eigenvalue weighted by molar-refractivity contribution is 7.98. The van der Waals surface area contributed by atoms with Gasteiger partial charge in [0.05, 0.1) is 12.8 Å². The monoisotopic (exact) mass is 508 g/mol. The van der Waals surface area contributed by atoms with Crippen LogP contribution < -0.4 is 10.1 Å². The Morgan fingerprint density at radius 1 is 0.919 bits per heavy atom. The normalized spacial score (nSPS) is 10.7. The first kappa shape index (κ1) is 24.2. The molecule has 0 bridgehead atoms. The van der Waals surface area contributed by atoms with E-state index in [1.165, 1.54) is 11.8 Å². The second kappa shape index (κ2) is 11.5. The van der Waals surface area contributed by atoms with Crippen LogP contribution in [-0.4, -0.2) is 37.7 Å². The summed E-state index contributed by atoms with van der Waals surface area (Å²) in [6.45, 7) is 0.430. The summed E-state index contributed by atoms with van der Waals surface area (Å²) in [7, 11) is 1.64. The minimum atomic E-state index is -0.129. The highest BCUT2D eigenvalue weighted by atomic mass is 32.2. The summed E-state index contributed by atoms with van der Waals surface area (Å²) in [6, 6.07) is 22.9. The molecule has 1 N–H and O–H groups in total. The topological polar surface area (TPSA) is 94.8 Å². The Labute approximate surface area is 218 Å². The maximum absolute atomic E-state index is 13.0. The van der Waals surface area contributed by atoms with E-state index < -0.39 is 0 Å². The van der Waals surface area contributed by atoms with Crippen molar-refractivity contribution < 1.29 is 9.53 Å². The molecule has 0 spiro atoms. The Bertz CT molecular complexity index is 1490. The fraction of sp³-hybridized carbons (Fsp3) is 0.107. The van der Waals surface area contributed by atoms with E-state index in [0.717, 1.165) is 22.4 Å². The van der Waals surface area contributed by atoms with E-state index in [9.17, 15) is 4.79 Å². The van der Waals surface area contributed by atoms with Crippen molar-refractivity contribution in [2.45, 2.75) is 17.5 Å². The first-order chi connectivity index (χ1) is 18.2. The van der Waals surface area contributed by atoms with Crippen molar-refractivity contribution in [3.8, 4) is 22.8 Å². The smallest absolute Gasteiger partial charge is 0.251 e. The second-order valence-electron chi connectivity index (χ2n) is 8.04. The van der Waals surface area contributed by atoms with Gasteiger partial charge in [0.2, 0.25) is 0 Å². The van der Waals surface area contributed by atoms with Gasteiger partial charge in [-0.25, -0.2) is 0 Å². The number of rotatable bonds is 9. The van der Waals surface area contributed by atoms with Crippen molar-refractivity contribution in [1.29, 1.82) is 0 Å². The van der Waals surface area contributed by atoms with Crippen LogP contribution in [0.15, 0.2) is 103 Å². The average Bonchev–Trinajstić information content (AvgIpc) is 3.39. The molecule has 0 aliphatic carbocycles. The molecule has 0 saturated heterocycles. The lowest BCUT2D eigenvalue weighted by molar-refractivity contribution is 0.0950. The predicted molar refractivity (Wildman–Crippen MR) is 143 cm³/mol. The van der Waals surface area contributed by atoms with E-state index in [-0.39, 0.29) is 5.91 Å². The molecule has 0 radical (unpaired) electrons. The highest BCUT2D eigenvalue weighted by Crippen LogP contribution is 2.33. The van der Waals surface area contributed by atoms with Gasteiger partial charge in [0.25, 0.3) is 5.91 Å². The Balaban J connectivity index is 1.43. The molecular weight excluding hydrogens is 484 g/mol. The summed E-state index contributed by atoms with van der Waals surface area (Å²) in [5.74, 6) is 1.75. The summed E-state index contributed by atoms with van der Waals surface area (Å²) in [4.78, 5) is 21.3. The lowest BCUT2D eigenvalue weighted by atomic mass is 10.1. The number of methoxy groups -OCH3 is 1. The number of aromatic nitrogens is 5. The van der Waals surface area contributed by atoms with E-state index in [1.54, 1.807) is 31.9 Å². The number of hydrogen-bond acceptors (Lipinski definition) is 7. The van der Waals surface area contributed by atoms with Gasteiger partial charge in [0, 0.05) is 48.2 Å². The minimum absolute atomic E-state index is 0.129. The van der Waals surface area contributed by atoms with Crippen LogP contribution in [0, 0.1) is 0 Å². The molecule has 0 saturated carbocycles. The van der Waals surface area contributed by atoms with Crippen LogP contribution in [0.5, 0.6) is 5.75 Å². The van der Waals surface area contributed by atoms with Gasteiger partial charge >= 0.3 is 0 Å². The van der Waals surface area contributed by atoms with Crippen molar-refractivity contribution in [2.75, 3.05) is 7.11 Å². The lowest BCUT2D eigenvalue weighted by Crippen LogP contribution is -2.23. The maximum Gasteiger partial charge on any atom is 0.251 e. The van der Waals surface area contributed by atoms with Crippen molar-refractivity contribution in [3.63, 3.8) is 0 Å². The number of amides is 1. The third kappa shape index (κ3) is 5.52.